The lowest BCUT2D eigenvalue weighted by atomic mass is 10.2. The number of halogens is 1. The Kier molecular flexibility index (Phi) is 4.57. The lowest BCUT2D eigenvalue weighted by molar-refractivity contribution is 0.0697. The molecular formula is C13H17ClN2O4S. The Morgan fingerprint density at radius 1 is 1.43 bits per heavy atom. The van der Waals surface area contributed by atoms with Gasteiger partial charge >= 0.3 is 5.97 Å². The smallest absolute Gasteiger partial charge is 0.337 e. The van der Waals surface area contributed by atoms with E-state index in [1.54, 1.807) is 0 Å². The molecule has 0 saturated carbocycles. The zero-order chi connectivity index (χ0) is 15.8. The number of rotatable bonds is 4. The van der Waals surface area contributed by atoms with Crippen molar-refractivity contribution in [2.24, 2.45) is 0 Å². The molecule has 0 radical (unpaired) electrons. The zero-order valence-corrected chi connectivity index (χ0v) is 13.4. The third-order valence-electron chi connectivity index (χ3n) is 3.67. The molecule has 1 saturated heterocycles. The van der Waals surface area contributed by atoms with Gasteiger partial charge in [-0.3, -0.25) is 0 Å². The van der Waals surface area contributed by atoms with Gasteiger partial charge < -0.3 is 10.0 Å². The molecule has 0 bridgehead atoms. The third kappa shape index (κ3) is 3.21. The fourth-order valence-corrected chi connectivity index (χ4v) is 4.17. The Bertz CT molecular complexity index is 660. The van der Waals surface area contributed by atoms with Crippen LogP contribution in [0.5, 0.6) is 0 Å². The first-order chi connectivity index (χ1) is 9.73. The lowest BCUT2D eigenvalue weighted by Crippen LogP contribution is -2.34. The summed E-state index contributed by atoms with van der Waals surface area (Å²) in [5, 5.41) is 8.84. The predicted octanol–water partition coefficient (Wildman–Crippen LogP) is 1.36. The van der Waals surface area contributed by atoms with Gasteiger partial charge in [0.2, 0.25) is 10.0 Å². The molecule has 1 aliphatic heterocycles. The highest BCUT2D eigenvalue weighted by atomic mass is 35.5. The van der Waals surface area contributed by atoms with E-state index in [0.29, 0.717) is 13.1 Å². The number of carboxylic acids is 1. The van der Waals surface area contributed by atoms with E-state index >= 15 is 0 Å². The van der Waals surface area contributed by atoms with Gasteiger partial charge in [-0.25, -0.2) is 13.2 Å². The molecule has 0 aromatic heterocycles. The van der Waals surface area contributed by atoms with E-state index in [1.807, 2.05) is 19.0 Å². The van der Waals surface area contributed by atoms with Crippen LogP contribution in [0.4, 0.5) is 0 Å². The minimum absolute atomic E-state index is 0.0249. The van der Waals surface area contributed by atoms with E-state index in [2.05, 4.69) is 0 Å². The largest absolute Gasteiger partial charge is 0.478 e. The van der Waals surface area contributed by atoms with Gasteiger partial charge in [-0.2, -0.15) is 4.31 Å². The molecule has 1 aromatic rings. The summed E-state index contributed by atoms with van der Waals surface area (Å²) in [6, 6.07) is 3.89. The average molecular weight is 333 g/mol. The number of carboxylic acid groups (broad SMARTS) is 1. The number of likely N-dealkylation sites (N-methyl/N-ethyl adjacent to an activating group) is 1. The fourth-order valence-electron chi connectivity index (χ4n) is 2.33. The summed E-state index contributed by atoms with van der Waals surface area (Å²) in [6.07, 6.45) is 0.771. The first-order valence-corrected chi connectivity index (χ1v) is 8.24. The van der Waals surface area contributed by atoms with Crippen molar-refractivity contribution in [3.63, 3.8) is 0 Å². The highest BCUT2D eigenvalue weighted by Crippen LogP contribution is 2.26. The molecule has 8 heteroatoms. The van der Waals surface area contributed by atoms with E-state index in [4.69, 9.17) is 16.7 Å². The number of benzene rings is 1. The first-order valence-electron chi connectivity index (χ1n) is 6.43. The van der Waals surface area contributed by atoms with Crippen molar-refractivity contribution in [3.8, 4) is 0 Å². The van der Waals surface area contributed by atoms with Crippen LogP contribution in [0.25, 0.3) is 0 Å². The Labute approximate surface area is 129 Å². The molecular weight excluding hydrogens is 316 g/mol. The van der Waals surface area contributed by atoms with Crippen LogP contribution in [-0.2, 0) is 10.0 Å². The molecule has 0 aliphatic carbocycles. The van der Waals surface area contributed by atoms with Gasteiger partial charge in [-0.05, 0) is 38.7 Å². The van der Waals surface area contributed by atoms with Crippen molar-refractivity contribution in [2.75, 3.05) is 27.2 Å². The molecule has 1 aromatic carbocycles. The lowest BCUT2D eigenvalue weighted by Gasteiger charge is -2.20. The molecule has 21 heavy (non-hydrogen) atoms. The second-order valence-corrected chi connectivity index (χ2v) is 7.56. The second kappa shape index (κ2) is 5.92. The van der Waals surface area contributed by atoms with Gasteiger partial charge in [0.15, 0.2) is 0 Å². The summed E-state index contributed by atoms with van der Waals surface area (Å²) in [5.74, 6) is -1.18. The number of nitrogens with zero attached hydrogens (tertiary/aromatic N) is 2. The number of sulfonamides is 1. The van der Waals surface area contributed by atoms with Crippen molar-refractivity contribution in [1.82, 2.24) is 9.21 Å². The monoisotopic (exact) mass is 332 g/mol. The first kappa shape index (κ1) is 16.2. The molecule has 0 spiro atoms. The van der Waals surface area contributed by atoms with Gasteiger partial charge in [0.25, 0.3) is 0 Å². The van der Waals surface area contributed by atoms with E-state index < -0.39 is 16.0 Å². The SMILES string of the molecule is CN(C)C1CCN(S(=O)(=O)c2ccc(C(=O)O)c(Cl)c2)C1. The predicted molar refractivity (Wildman–Crippen MR) is 79.3 cm³/mol. The number of carbonyl (C=O) groups is 1. The minimum Gasteiger partial charge on any atom is -0.478 e. The van der Waals surface area contributed by atoms with Crippen molar-refractivity contribution in [1.29, 1.82) is 0 Å². The minimum atomic E-state index is -3.64. The molecule has 1 unspecified atom stereocenters. The van der Waals surface area contributed by atoms with Crippen LogP contribution >= 0.6 is 11.6 Å². The van der Waals surface area contributed by atoms with Crippen LogP contribution in [0.15, 0.2) is 23.1 Å². The summed E-state index contributed by atoms with van der Waals surface area (Å²) in [5.41, 5.74) is -0.108. The van der Waals surface area contributed by atoms with Crippen LogP contribution in [0, 0.1) is 0 Å². The average Bonchev–Trinajstić information content (AvgIpc) is 2.88. The Balaban J connectivity index is 2.29. The molecule has 2 rings (SSSR count). The highest BCUT2D eigenvalue weighted by Gasteiger charge is 2.33. The summed E-state index contributed by atoms with van der Waals surface area (Å²) in [4.78, 5) is 12.9. The molecule has 1 fully saturated rings. The molecule has 1 heterocycles. The van der Waals surface area contributed by atoms with Gasteiger partial charge in [-0.15, -0.1) is 0 Å². The fraction of sp³-hybridized carbons (Fsp3) is 0.462. The molecule has 1 atom stereocenters. The topological polar surface area (TPSA) is 77.9 Å². The van der Waals surface area contributed by atoms with Crippen LogP contribution in [0.3, 0.4) is 0 Å². The number of hydrogen-bond donors (Lipinski definition) is 1. The quantitative estimate of drug-likeness (QED) is 0.900. The van der Waals surface area contributed by atoms with E-state index in [9.17, 15) is 13.2 Å². The Morgan fingerprint density at radius 3 is 2.57 bits per heavy atom. The van der Waals surface area contributed by atoms with Crippen molar-refractivity contribution < 1.29 is 18.3 Å². The van der Waals surface area contributed by atoms with Gasteiger partial charge in [-0.1, -0.05) is 11.6 Å². The van der Waals surface area contributed by atoms with Crippen LogP contribution in [0.1, 0.15) is 16.8 Å². The Morgan fingerprint density at radius 2 is 2.10 bits per heavy atom. The number of aromatic carboxylic acids is 1. The number of hydrogen-bond acceptors (Lipinski definition) is 4. The van der Waals surface area contributed by atoms with Crippen LogP contribution in [-0.4, -0.2) is 61.9 Å². The molecule has 1 N–H and O–H groups in total. The maximum absolute atomic E-state index is 12.5. The van der Waals surface area contributed by atoms with E-state index in [1.165, 1.54) is 22.5 Å². The van der Waals surface area contributed by atoms with Gasteiger partial charge in [0.05, 0.1) is 15.5 Å². The molecule has 0 amide bonds. The van der Waals surface area contributed by atoms with Crippen molar-refractivity contribution >= 4 is 27.6 Å². The van der Waals surface area contributed by atoms with Gasteiger partial charge in [0, 0.05) is 19.1 Å². The van der Waals surface area contributed by atoms with E-state index in [-0.39, 0.29) is 21.5 Å². The summed E-state index contributed by atoms with van der Waals surface area (Å²) < 4.78 is 26.5. The van der Waals surface area contributed by atoms with E-state index in [0.717, 1.165) is 6.42 Å². The summed E-state index contributed by atoms with van der Waals surface area (Å²) in [6.45, 7) is 0.872. The second-order valence-electron chi connectivity index (χ2n) is 5.22. The van der Waals surface area contributed by atoms with Gasteiger partial charge in [0.1, 0.15) is 0 Å². The maximum atomic E-state index is 12.5. The summed E-state index contributed by atoms with van der Waals surface area (Å²) >= 11 is 5.84. The van der Waals surface area contributed by atoms with Crippen molar-refractivity contribution in [3.05, 3.63) is 28.8 Å². The molecule has 1 aliphatic rings. The highest BCUT2D eigenvalue weighted by molar-refractivity contribution is 7.89. The van der Waals surface area contributed by atoms with Crippen LogP contribution in [0.2, 0.25) is 5.02 Å². The summed E-state index contributed by atoms with van der Waals surface area (Å²) in [7, 11) is 0.191. The molecule has 116 valence electrons. The van der Waals surface area contributed by atoms with Crippen molar-refractivity contribution in [2.45, 2.75) is 17.4 Å². The molecule has 6 nitrogen and oxygen atoms in total. The maximum Gasteiger partial charge on any atom is 0.337 e. The normalized spacial score (nSPS) is 20.1. The third-order valence-corrected chi connectivity index (χ3v) is 5.84. The van der Waals surface area contributed by atoms with Crippen LogP contribution < -0.4 is 0 Å². The zero-order valence-electron chi connectivity index (χ0n) is 11.8. The Hall–Kier alpha value is -1.15. The standard InChI is InChI=1S/C13H17ClN2O4S/c1-15(2)9-5-6-16(8-9)21(19,20)10-3-4-11(13(17)18)12(14)7-10/h3-4,7,9H,5-6,8H2,1-2H3,(H,17,18).